The molecule has 4 heteroatoms. The fourth-order valence-corrected chi connectivity index (χ4v) is 3.73. The molecule has 0 saturated heterocycles. The maximum absolute atomic E-state index is 12.4. The van der Waals surface area contributed by atoms with Gasteiger partial charge in [-0.1, -0.05) is 30.5 Å². The topological polar surface area (TPSA) is 20.3 Å². The monoisotopic (exact) mass is 297 g/mol. The third-order valence-electron chi connectivity index (χ3n) is 3.62. The first-order chi connectivity index (χ1) is 9.19. The van der Waals surface area contributed by atoms with E-state index in [1.54, 1.807) is 6.08 Å². The SMILES string of the molecule is C=CCN(Cc1ccc(Cl)s1)C(=O)CC1CCCC1. The molecule has 1 saturated carbocycles. The molecule has 1 fully saturated rings. The second kappa shape index (κ2) is 7.11. The Morgan fingerprint density at radius 1 is 1.47 bits per heavy atom. The van der Waals surface area contributed by atoms with Gasteiger partial charge < -0.3 is 4.90 Å². The van der Waals surface area contributed by atoms with E-state index in [9.17, 15) is 4.79 Å². The van der Waals surface area contributed by atoms with Crippen molar-refractivity contribution < 1.29 is 4.79 Å². The van der Waals surface area contributed by atoms with Gasteiger partial charge in [0.05, 0.1) is 10.9 Å². The number of rotatable bonds is 6. The lowest BCUT2D eigenvalue weighted by atomic mass is 10.0. The number of carbonyl (C=O) groups is 1. The van der Waals surface area contributed by atoms with Crippen LogP contribution in [0, 0.1) is 5.92 Å². The third kappa shape index (κ3) is 4.36. The summed E-state index contributed by atoms with van der Waals surface area (Å²) < 4.78 is 0.775. The number of thiophene rings is 1. The Hall–Kier alpha value is -0.800. The van der Waals surface area contributed by atoms with Gasteiger partial charge in [0, 0.05) is 17.8 Å². The molecule has 0 spiro atoms. The van der Waals surface area contributed by atoms with Crippen molar-refractivity contribution >= 4 is 28.8 Å². The van der Waals surface area contributed by atoms with E-state index in [-0.39, 0.29) is 5.91 Å². The summed E-state index contributed by atoms with van der Waals surface area (Å²) in [4.78, 5) is 15.4. The highest BCUT2D eigenvalue weighted by molar-refractivity contribution is 7.16. The number of nitrogens with zero attached hydrogens (tertiary/aromatic N) is 1. The molecule has 0 unspecified atom stereocenters. The van der Waals surface area contributed by atoms with Gasteiger partial charge in [0.1, 0.15) is 0 Å². The predicted molar refractivity (Wildman–Crippen MR) is 81.5 cm³/mol. The molecule has 0 radical (unpaired) electrons. The van der Waals surface area contributed by atoms with Crippen molar-refractivity contribution in [2.24, 2.45) is 5.92 Å². The zero-order chi connectivity index (χ0) is 13.7. The van der Waals surface area contributed by atoms with Crippen molar-refractivity contribution in [3.05, 3.63) is 34.0 Å². The summed E-state index contributed by atoms with van der Waals surface area (Å²) in [6.07, 6.45) is 7.45. The van der Waals surface area contributed by atoms with Crippen molar-refractivity contribution in [2.45, 2.75) is 38.6 Å². The van der Waals surface area contributed by atoms with Crippen LogP contribution in [0.2, 0.25) is 4.34 Å². The molecule has 2 rings (SSSR count). The van der Waals surface area contributed by atoms with Gasteiger partial charge in [-0.2, -0.15) is 0 Å². The van der Waals surface area contributed by atoms with Crippen LogP contribution in [-0.2, 0) is 11.3 Å². The van der Waals surface area contributed by atoms with Crippen molar-refractivity contribution in [2.75, 3.05) is 6.54 Å². The predicted octanol–water partition coefficient (Wildman–Crippen LogP) is 4.50. The molecule has 1 aliphatic rings. The van der Waals surface area contributed by atoms with Crippen LogP contribution >= 0.6 is 22.9 Å². The summed E-state index contributed by atoms with van der Waals surface area (Å²) in [7, 11) is 0. The van der Waals surface area contributed by atoms with Gasteiger partial charge in [0.2, 0.25) is 5.91 Å². The normalized spacial score (nSPS) is 15.6. The molecule has 19 heavy (non-hydrogen) atoms. The first kappa shape index (κ1) is 14.6. The van der Waals surface area contributed by atoms with E-state index < -0.39 is 0 Å². The van der Waals surface area contributed by atoms with Gasteiger partial charge >= 0.3 is 0 Å². The lowest BCUT2D eigenvalue weighted by molar-refractivity contribution is -0.132. The van der Waals surface area contributed by atoms with E-state index in [1.165, 1.54) is 37.0 Å². The van der Waals surface area contributed by atoms with Gasteiger partial charge in [-0.15, -0.1) is 17.9 Å². The van der Waals surface area contributed by atoms with Crippen LogP contribution in [0.25, 0.3) is 0 Å². The Kier molecular flexibility index (Phi) is 5.46. The van der Waals surface area contributed by atoms with Gasteiger partial charge in [0.15, 0.2) is 0 Å². The minimum atomic E-state index is 0.247. The molecule has 0 N–H and O–H groups in total. The molecular weight excluding hydrogens is 278 g/mol. The van der Waals surface area contributed by atoms with Crippen LogP contribution in [0.3, 0.4) is 0 Å². The molecule has 1 amide bonds. The van der Waals surface area contributed by atoms with E-state index in [1.807, 2.05) is 17.0 Å². The van der Waals surface area contributed by atoms with Gasteiger partial charge in [0.25, 0.3) is 0 Å². The Morgan fingerprint density at radius 3 is 2.79 bits per heavy atom. The van der Waals surface area contributed by atoms with Crippen molar-refractivity contribution in [1.29, 1.82) is 0 Å². The zero-order valence-corrected chi connectivity index (χ0v) is 12.7. The van der Waals surface area contributed by atoms with Gasteiger partial charge in [-0.05, 0) is 30.9 Å². The number of hydrogen-bond donors (Lipinski definition) is 0. The maximum atomic E-state index is 12.4. The molecular formula is C15H20ClNOS. The van der Waals surface area contributed by atoms with Crippen molar-refractivity contribution in [3.8, 4) is 0 Å². The molecule has 0 bridgehead atoms. The number of carbonyl (C=O) groups excluding carboxylic acids is 1. The van der Waals surface area contributed by atoms with Crippen LogP contribution in [-0.4, -0.2) is 17.4 Å². The van der Waals surface area contributed by atoms with E-state index in [4.69, 9.17) is 11.6 Å². The molecule has 0 atom stereocenters. The molecule has 2 nitrogen and oxygen atoms in total. The van der Waals surface area contributed by atoms with Crippen molar-refractivity contribution in [1.82, 2.24) is 4.90 Å². The molecule has 0 aliphatic heterocycles. The molecule has 1 heterocycles. The minimum Gasteiger partial charge on any atom is -0.334 e. The molecule has 1 aromatic rings. The van der Waals surface area contributed by atoms with E-state index in [0.29, 0.717) is 25.4 Å². The van der Waals surface area contributed by atoms with Crippen molar-refractivity contribution in [3.63, 3.8) is 0 Å². The second-order valence-corrected chi connectivity index (χ2v) is 6.92. The summed E-state index contributed by atoms with van der Waals surface area (Å²) in [5, 5.41) is 0. The first-order valence-corrected chi connectivity index (χ1v) is 8.01. The first-order valence-electron chi connectivity index (χ1n) is 6.82. The largest absolute Gasteiger partial charge is 0.334 e. The zero-order valence-electron chi connectivity index (χ0n) is 11.1. The van der Waals surface area contributed by atoms with E-state index >= 15 is 0 Å². The number of amides is 1. The van der Waals surface area contributed by atoms with Crippen LogP contribution in [0.15, 0.2) is 24.8 Å². The Labute approximate surface area is 124 Å². The Balaban J connectivity index is 1.93. The van der Waals surface area contributed by atoms with Gasteiger partial charge in [-0.25, -0.2) is 0 Å². The highest BCUT2D eigenvalue weighted by atomic mass is 35.5. The van der Waals surface area contributed by atoms with Crippen LogP contribution in [0.1, 0.15) is 37.0 Å². The number of hydrogen-bond acceptors (Lipinski definition) is 2. The smallest absolute Gasteiger partial charge is 0.223 e. The lowest BCUT2D eigenvalue weighted by Gasteiger charge is -2.22. The van der Waals surface area contributed by atoms with Gasteiger partial charge in [-0.3, -0.25) is 4.79 Å². The average molecular weight is 298 g/mol. The van der Waals surface area contributed by atoms with E-state index in [0.717, 1.165) is 9.21 Å². The maximum Gasteiger partial charge on any atom is 0.223 e. The average Bonchev–Trinajstić information content (AvgIpc) is 3.01. The quantitative estimate of drug-likeness (QED) is 0.708. The number of halogens is 1. The Bertz CT molecular complexity index is 437. The minimum absolute atomic E-state index is 0.247. The summed E-state index contributed by atoms with van der Waals surface area (Å²) in [6, 6.07) is 3.88. The Morgan fingerprint density at radius 2 is 2.21 bits per heavy atom. The third-order valence-corrected chi connectivity index (χ3v) is 4.83. The summed E-state index contributed by atoms with van der Waals surface area (Å²) in [5.41, 5.74) is 0. The van der Waals surface area contributed by atoms with E-state index in [2.05, 4.69) is 6.58 Å². The lowest BCUT2D eigenvalue weighted by Crippen LogP contribution is -2.31. The molecule has 0 aromatic carbocycles. The second-order valence-electron chi connectivity index (χ2n) is 5.12. The molecule has 1 aliphatic carbocycles. The van der Waals surface area contributed by atoms with Crippen LogP contribution in [0.4, 0.5) is 0 Å². The van der Waals surface area contributed by atoms with Crippen LogP contribution < -0.4 is 0 Å². The fraction of sp³-hybridized carbons (Fsp3) is 0.533. The molecule has 104 valence electrons. The summed E-state index contributed by atoms with van der Waals surface area (Å²) in [6.45, 7) is 5.00. The molecule has 1 aromatic heterocycles. The summed E-state index contributed by atoms with van der Waals surface area (Å²) >= 11 is 7.47. The highest BCUT2D eigenvalue weighted by Crippen LogP contribution is 2.29. The standard InChI is InChI=1S/C15H20ClNOS/c1-2-9-17(11-13-7-8-14(16)19-13)15(18)10-12-5-3-4-6-12/h2,7-8,12H,1,3-6,9-11H2. The highest BCUT2D eigenvalue weighted by Gasteiger charge is 2.22. The summed E-state index contributed by atoms with van der Waals surface area (Å²) in [5.74, 6) is 0.836. The van der Waals surface area contributed by atoms with Crippen LogP contribution in [0.5, 0.6) is 0 Å². The fourth-order valence-electron chi connectivity index (χ4n) is 2.63.